The molecule has 1 heterocycles. The third-order valence-electron chi connectivity index (χ3n) is 1.29. The van der Waals surface area contributed by atoms with Gasteiger partial charge in [-0.15, -0.1) is 24.1 Å². The van der Waals surface area contributed by atoms with Gasteiger partial charge in [0.15, 0.2) is 0 Å². The Morgan fingerprint density at radius 1 is 1.67 bits per heavy atom. The first kappa shape index (κ1) is 8.95. The number of anilines is 1. The van der Waals surface area contributed by atoms with Crippen molar-refractivity contribution in [2.24, 2.45) is 0 Å². The molecule has 0 unspecified atom stereocenters. The number of hydrogen-bond donors (Lipinski definition) is 1. The van der Waals surface area contributed by atoms with Gasteiger partial charge in [0, 0.05) is 18.4 Å². The van der Waals surface area contributed by atoms with E-state index in [2.05, 4.69) is 10.9 Å². The summed E-state index contributed by atoms with van der Waals surface area (Å²) in [6.07, 6.45) is 7.60. The number of terminal acetylenes is 1. The molecule has 0 fully saturated rings. The minimum atomic E-state index is 0.722. The van der Waals surface area contributed by atoms with Gasteiger partial charge >= 0.3 is 0 Å². The minimum absolute atomic E-state index is 0.722. The van der Waals surface area contributed by atoms with Gasteiger partial charge in [0.25, 0.3) is 0 Å². The number of thioether (sulfide) groups is 1. The quantitative estimate of drug-likeness (QED) is 0.435. The Labute approximate surface area is 76.6 Å². The molecule has 1 aromatic heterocycles. The van der Waals surface area contributed by atoms with Gasteiger partial charge in [-0.25, -0.2) is 4.98 Å². The van der Waals surface area contributed by atoms with E-state index in [1.807, 2.05) is 12.1 Å². The van der Waals surface area contributed by atoms with Crippen molar-refractivity contribution in [2.45, 2.75) is 11.4 Å². The van der Waals surface area contributed by atoms with E-state index >= 15 is 0 Å². The molecule has 1 rings (SSSR count). The second-order valence-corrected chi connectivity index (χ2v) is 3.28. The average Bonchev–Trinajstić information content (AvgIpc) is 2.09. The van der Waals surface area contributed by atoms with Crippen LogP contribution in [0.25, 0.3) is 0 Å². The van der Waals surface area contributed by atoms with E-state index in [-0.39, 0.29) is 0 Å². The van der Waals surface area contributed by atoms with Crippen LogP contribution in [0.4, 0.5) is 5.69 Å². The van der Waals surface area contributed by atoms with Crippen molar-refractivity contribution >= 4 is 17.4 Å². The standard InChI is InChI=1S/C9H10N2S/c1-2-3-7-12-9-8(10)5-4-6-11-9/h1,4-6H,3,7,10H2. The molecule has 2 nitrogen and oxygen atoms in total. The first-order valence-electron chi connectivity index (χ1n) is 3.61. The monoisotopic (exact) mass is 178 g/mol. The number of nitrogens with zero attached hydrogens (tertiary/aromatic N) is 1. The van der Waals surface area contributed by atoms with Gasteiger partial charge in [-0.3, -0.25) is 0 Å². The largest absolute Gasteiger partial charge is 0.397 e. The van der Waals surface area contributed by atoms with Crippen LogP contribution < -0.4 is 5.73 Å². The molecule has 0 amide bonds. The lowest BCUT2D eigenvalue weighted by molar-refractivity contribution is 1.14. The maximum atomic E-state index is 5.67. The summed E-state index contributed by atoms with van der Waals surface area (Å²) in [6, 6.07) is 3.66. The molecule has 0 radical (unpaired) electrons. The minimum Gasteiger partial charge on any atom is -0.397 e. The lowest BCUT2D eigenvalue weighted by Gasteiger charge is -2.00. The lowest BCUT2D eigenvalue weighted by atomic mass is 10.4. The van der Waals surface area contributed by atoms with E-state index in [4.69, 9.17) is 12.2 Å². The van der Waals surface area contributed by atoms with Crippen molar-refractivity contribution in [3.8, 4) is 12.3 Å². The van der Waals surface area contributed by atoms with Crippen LogP contribution in [0.15, 0.2) is 23.4 Å². The Kier molecular flexibility index (Phi) is 3.49. The summed E-state index contributed by atoms with van der Waals surface area (Å²) in [5.41, 5.74) is 6.39. The zero-order valence-corrected chi connectivity index (χ0v) is 7.47. The van der Waals surface area contributed by atoms with Crippen molar-refractivity contribution in [1.29, 1.82) is 0 Å². The Morgan fingerprint density at radius 2 is 2.50 bits per heavy atom. The van der Waals surface area contributed by atoms with Gasteiger partial charge in [0.05, 0.1) is 5.69 Å². The molecular weight excluding hydrogens is 168 g/mol. The summed E-state index contributed by atoms with van der Waals surface area (Å²) in [5.74, 6) is 3.44. The average molecular weight is 178 g/mol. The van der Waals surface area contributed by atoms with Gasteiger partial charge in [-0.1, -0.05) is 0 Å². The Bertz CT molecular complexity index is 291. The molecule has 0 aromatic carbocycles. The molecule has 0 bridgehead atoms. The summed E-state index contributed by atoms with van der Waals surface area (Å²) in [7, 11) is 0. The third-order valence-corrected chi connectivity index (χ3v) is 2.31. The van der Waals surface area contributed by atoms with Crippen LogP contribution in [-0.4, -0.2) is 10.7 Å². The van der Waals surface area contributed by atoms with Crippen molar-refractivity contribution in [2.75, 3.05) is 11.5 Å². The molecule has 1 aromatic rings. The second kappa shape index (κ2) is 4.68. The molecule has 2 N–H and O–H groups in total. The summed E-state index contributed by atoms with van der Waals surface area (Å²) >= 11 is 1.59. The van der Waals surface area contributed by atoms with Gasteiger partial charge in [0.2, 0.25) is 0 Å². The molecule has 0 aliphatic heterocycles. The Hall–Kier alpha value is -1.14. The first-order valence-corrected chi connectivity index (χ1v) is 4.60. The van der Waals surface area contributed by atoms with Crippen LogP contribution in [0.1, 0.15) is 6.42 Å². The molecular formula is C9H10N2S. The van der Waals surface area contributed by atoms with E-state index in [9.17, 15) is 0 Å². The third kappa shape index (κ3) is 2.48. The maximum absolute atomic E-state index is 5.67. The van der Waals surface area contributed by atoms with Crippen LogP contribution in [0.5, 0.6) is 0 Å². The predicted octanol–water partition coefficient (Wildman–Crippen LogP) is 1.78. The topological polar surface area (TPSA) is 38.9 Å². The van der Waals surface area contributed by atoms with Crippen molar-refractivity contribution in [3.63, 3.8) is 0 Å². The lowest BCUT2D eigenvalue weighted by Crippen LogP contribution is -1.91. The SMILES string of the molecule is C#CCCSc1ncccc1N. The van der Waals surface area contributed by atoms with Crippen LogP contribution >= 0.6 is 11.8 Å². The van der Waals surface area contributed by atoms with E-state index in [0.29, 0.717) is 0 Å². The van der Waals surface area contributed by atoms with Crippen molar-refractivity contribution in [3.05, 3.63) is 18.3 Å². The number of aromatic nitrogens is 1. The van der Waals surface area contributed by atoms with Crippen LogP contribution in [0.3, 0.4) is 0 Å². The van der Waals surface area contributed by atoms with Gasteiger partial charge in [-0.05, 0) is 12.1 Å². The highest BCUT2D eigenvalue weighted by Gasteiger charge is 1.97. The number of hydrogen-bond acceptors (Lipinski definition) is 3. The maximum Gasteiger partial charge on any atom is 0.119 e. The molecule has 0 aliphatic carbocycles. The van der Waals surface area contributed by atoms with Crippen LogP contribution in [0, 0.1) is 12.3 Å². The molecule has 0 atom stereocenters. The van der Waals surface area contributed by atoms with E-state index < -0.39 is 0 Å². The normalized spacial score (nSPS) is 9.25. The fraction of sp³-hybridized carbons (Fsp3) is 0.222. The fourth-order valence-corrected chi connectivity index (χ4v) is 1.51. The smallest absolute Gasteiger partial charge is 0.119 e. The number of nitrogens with two attached hydrogens (primary N) is 1. The number of nitrogen functional groups attached to an aromatic ring is 1. The van der Waals surface area contributed by atoms with E-state index in [1.54, 1.807) is 18.0 Å². The van der Waals surface area contributed by atoms with Crippen molar-refractivity contribution < 1.29 is 0 Å². The zero-order chi connectivity index (χ0) is 8.81. The predicted molar refractivity (Wildman–Crippen MR) is 52.8 cm³/mol. The van der Waals surface area contributed by atoms with Crippen LogP contribution in [-0.2, 0) is 0 Å². The van der Waals surface area contributed by atoms with Gasteiger partial charge < -0.3 is 5.73 Å². The highest BCUT2D eigenvalue weighted by atomic mass is 32.2. The molecule has 3 heteroatoms. The Balaban J connectivity index is 2.53. The van der Waals surface area contributed by atoms with E-state index in [1.165, 1.54) is 0 Å². The Morgan fingerprint density at radius 3 is 3.17 bits per heavy atom. The molecule has 0 saturated heterocycles. The molecule has 0 aliphatic rings. The summed E-state index contributed by atoms with van der Waals surface area (Å²) in [6.45, 7) is 0. The van der Waals surface area contributed by atoms with Crippen molar-refractivity contribution in [1.82, 2.24) is 4.98 Å². The number of pyridine rings is 1. The highest BCUT2D eigenvalue weighted by molar-refractivity contribution is 7.99. The van der Waals surface area contributed by atoms with Gasteiger partial charge in [0.1, 0.15) is 5.03 Å². The van der Waals surface area contributed by atoms with E-state index in [0.717, 1.165) is 22.9 Å². The molecule has 0 spiro atoms. The molecule has 0 saturated carbocycles. The molecule has 12 heavy (non-hydrogen) atoms. The fourth-order valence-electron chi connectivity index (χ4n) is 0.730. The number of rotatable bonds is 3. The second-order valence-electron chi connectivity index (χ2n) is 2.20. The summed E-state index contributed by atoms with van der Waals surface area (Å²) < 4.78 is 0. The zero-order valence-electron chi connectivity index (χ0n) is 6.66. The molecule has 62 valence electrons. The highest BCUT2D eigenvalue weighted by Crippen LogP contribution is 2.21. The van der Waals surface area contributed by atoms with Gasteiger partial charge in [-0.2, -0.15) is 0 Å². The summed E-state index contributed by atoms with van der Waals surface area (Å²) in [4.78, 5) is 4.12. The first-order chi connectivity index (χ1) is 5.84. The van der Waals surface area contributed by atoms with Crippen LogP contribution in [0.2, 0.25) is 0 Å². The summed E-state index contributed by atoms with van der Waals surface area (Å²) in [5, 5.41) is 0.868.